The van der Waals surface area contributed by atoms with Crippen molar-refractivity contribution in [3.63, 3.8) is 0 Å². The maximum absolute atomic E-state index is 13.0. The van der Waals surface area contributed by atoms with Gasteiger partial charge in [0.2, 0.25) is 23.7 Å². The predicted molar refractivity (Wildman–Crippen MR) is 341 cm³/mol. The van der Waals surface area contributed by atoms with Crippen LogP contribution in [-0.4, -0.2) is 208 Å². The van der Waals surface area contributed by atoms with Gasteiger partial charge in [-0.1, -0.05) is 47.5 Å². The number of amides is 6. The monoisotopic (exact) mass is 1300 g/mol. The van der Waals surface area contributed by atoms with Crippen molar-refractivity contribution in [1.29, 1.82) is 0 Å². The number of para-hydroxylation sites is 1. The lowest BCUT2D eigenvalue weighted by Gasteiger charge is -2.36. The molecule has 0 aliphatic carbocycles. The highest BCUT2D eigenvalue weighted by Crippen LogP contribution is 2.39. The summed E-state index contributed by atoms with van der Waals surface area (Å²) >= 11 is 12.8. The van der Waals surface area contributed by atoms with Crippen molar-refractivity contribution >= 4 is 99.8 Å². The van der Waals surface area contributed by atoms with E-state index < -0.39 is 25.1 Å². The molecular weight excluding hydrogens is 1230 g/mol. The summed E-state index contributed by atoms with van der Waals surface area (Å²) < 4.78 is 63.5. The summed E-state index contributed by atoms with van der Waals surface area (Å²) in [6.45, 7) is 12.2. The van der Waals surface area contributed by atoms with E-state index in [0.717, 1.165) is 22.4 Å². The second kappa shape index (κ2) is 35.6. The summed E-state index contributed by atoms with van der Waals surface area (Å²) in [5.41, 5.74) is 5.70. The van der Waals surface area contributed by atoms with Crippen LogP contribution in [-0.2, 0) is 76.4 Å². The van der Waals surface area contributed by atoms with Gasteiger partial charge in [0.25, 0.3) is 5.91 Å². The lowest BCUT2D eigenvalue weighted by atomic mass is 10.0. The summed E-state index contributed by atoms with van der Waals surface area (Å²) in [4.78, 5) is 77.1. The van der Waals surface area contributed by atoms with Gasteiger partial charge >= 0.3 is 6.03 Å². The Balaban J connectivity index is 0.562. The molecule has 2 saturated heterocycles. The van der Waals surface area contributed by atoms with Crippen LogP contribution in [0.4, 0.5) is 39.3 Å². The fourth-order valence-electron chi connectivity index (χ4n) is 9.95. The minimum Gasteiger partial charge on any atom is -0.494 e. The molecule has 5 N–H and O–H groups in total. The molecule has 0 saturated carbocycles. The second-order valence-electron chi connectivity index (χ2n) is 21.4. The number of imide groups is 1. The molecule has 0 radical (unpaired) electrons. The summed E-state index contributed by atoms with van der Waals surface area (Å²) in [7, 11) is -0.985. The number of aromatic nitrogens is 2. The largest absolute Gasteiger partial charge is 0.494 e. The lowest BCUT2D eigenvalue weighted by molar-refractivity contribution is -0.138. The zero-order chi connectivity index (χ0) is 63.7. The number of nitrogens with one attached hydrogen (secondary N) is 5. The number of ether oxygens (including phenoxy) is 9. The Bertz CT molecular complexity index is 3270. The van der Waals surface area contributed by atoms with Crippen LogP contribution in [0.25, 0.3) is 0 Å². The van der Waals surface area contributed by atoms with E-state index >= 15 is 0 Å². The van der Waals surface area contributed by atoms with Crippen molar-refractivity contribution in [3.05, 3.63) is 117 Å². The van der Waals surface area contributed by atoms with E-state index in [1.165, 1.54) is 11.1 Å². The molecule has 90 heavy (non-hydrogen) atoms. The standard InChI is InChI=1S/C62H79Cl2N10O15P/c1-81-54-38-48(9-11-51(54)69-61-65-40-50(64)58(71-61)68-52-6-4-5-7-55(52)90(2,3)80)72-15-17-73(18-16-72)57(76)42-89-33-32-88-31-30-87-29-28-86-27-26-85-25-24-84-23-22-83-21-20-82-19-14-43-35-46(63)37-47(36-43)67-62(79)66-39-44-8-10-49-45(34-44)41-74(60(49)78)53-12-13-56(75)70-59(53)77/h4-11,34-38,40,53H,12-33,39,41-42H2,1-3H3,(H2,66,67,79)(H,70,75,77)(H2,65,68,69,71). The molecule has 1 atom stereocenters. The van der Waals surface area contributed by atoms with Gasteiger partial charge in [-0.05, 0) is 91.4 Å². The number of piperidine rings is 1. The highest BCUT2D eigenvalue weighted by Gasteiger charge is 2.39. The number of nitrogens with zero attached hydrogens (tertiary/aromatic N) is 5. The molecule has 4 heterocycles. The predicted octanol–water partition coefficient (Wildman–Crippen LogP) is 6.63. The van der Waals surface area contributed by atoms with Crippen LogP contribution in [0.1, 0.15) is 39.9 Å². The van der Waals surface area contributed by atoms with Crippen LogP contribution < -0.4 is 41.5 Å². The number of carbonyl (C=O) groups excluding carboxylic acids is 5. The molecule has 28 heteroatoms. The Labute approximate surface area is 533 Å². The van der Waals surface area contributed by atoms with Crippen molar-refractivity contribution in [2.45, 2.75) is 38.4 Å². The summed E-state index contributed by atoms with van der Waals surface area (Å²) in [6.07, 6.45) is 2.53. The molecule has 486 valence electrons. The number of rotatable bonds is 37. The summed E-state index contributed by atoms with van der Waals surface area (Å²) in [5, 5.41) is 15.9. The first kappa shape index (κ1) is 68.9. The number of urea groups is 1. The smallest absolute Gasteiger partial charge is 0.319 e. The van der Waals surface area contributed by atoms with Crippen LogP contribution in [0.3, 0.4) is 0 Å². The molecule has 2 fully saturated rings. The lowest BCUT2D eigenvalue weighted by Crippen LogP contribution is -2.52. The van der Waals surface area contributed by atoms with Crippen LogP contribution in [0.2, 0.25) is 10.0 Å². The van der Waals surface area contributed by atoms with E-state index in [4.69, 9.17) is 65.8 Å². The fourth-order valence-corrected chi connectivity index (χ4v) is 11.5. The van der Waals surface area contributed by atoms with E-state index in [1.807, 2.05) is 60.7 Å². The van der Waals surface area contributed by atoms with Gasteiger partial charge in [-0.3, -0.25) is 24.5 Å². The third kappa shape index (κ3) is 21.6. The van der Waals surface area contributed by atoms with Gasteiger partial charge in [0.15, 0.2) is 5.82 Å². The average Bonchev–Trinajstić information content (AvgIpc) is 1.62. The Morgan fingerprint density at radius 1 is 0.700 bits per heavy atom. The molecule has 5 aromatic rings. The van der Waals surface area contributed by atoms with Crippen molar-refractivity contribution in [2.24, 2.45) is 0 Å². The molecule has 4 aromatic carbocycles. The third-order valence-electron chi connectivity index (χ3n) is 14.5. The molecule has 3 aliphatic heterocycles. The topological polar surface area (TPSA) is 281 Å². The van der Waals surface area contributed by atoms with Crippen LogP contribution in [0.15, 0.2) is 85.1 Å². The average molecular weight is 1310 g/mol. The fraction of sp³-hybridized carbons (Fsp3) is 0.468. The Kier molecular flexibility index (Phi) is 27.2. The molecule has 1 unspecified atom stereocenters. The number of carbonyl (C=O) groups is 5. The first-order valence-electron chi connectivity index (χ1n) is 29.8. The zero-order valence-electron chi connectivity index (χ0n) is 50.9. The van der Waals surface area contributed by atoms with Crippen LogP contribution in [0, 0.1) is 0 Å². The maximum atomic E-state index is 13.0. The van der Waals surface area contributed by atoms with E-state index in [-0.39, 0.29) is 56.9 Å². The molecule has 3 aliphatic rings. The van der Waals surface area contributed by atoms with Crippen LogP contribution in [0.5, 0.6) is 5.75 Å². The molecular formula is C62H79Cl2N10O15P. The Hall–Kier alpha value is -7.00. The SMILES string of the molecule is COc1cc(N2CCN(C(=O)COCCOCCOCCOCCOCCOCCOCCOCCc3cc(Cl)cc(NC(=O)NCc4ccc5c(c4)CN(C4CCC(=O)NC4=O)C5=O)c3)CC2)ccc1Nc1ncc(Cl)c(Nc2ccccc2P(C)(C)=O)n1. The Morgan fingerprint density at radius 3 is 1.97 bits per heavy atom. The maximum Gasteiger partial charge on any atom is 0.319 e. The van der Waals surface area contributed by atoms with E-state index in [0.29, 0.717) is 181 Å². The molecule has 1 aromatic heterocycles. The highest BCUT2D eigenvalue weighted by atomic mass is 35.5. The quantitative estimate of drug-likeness (QED) is 0.0158. The number of methoxy groups -OCH3 is 1. The molecule has 0 bridgehead atoms. The van der Waals surface area contributed by atoms with Gasteiger partial charge in [0.1, 0.15) is 30.6 Å². The van der Waals surface area contributed by atoms with Gasteiger partial charge in [0, 0.05) is 79.0 Å². The highest BCUT2D eigenvalue weighted by molar-refractivity contribution is 7.70. The number of anilines is 6. The summed E-state index contributed by atoms with van der Waals surface area (Å²) in [5.74, 6) is 0.107. The van der Waals surface area contributed by atoms with Crippen molar-refractivity contribution in [1.82, 2.24) is 30.4 Å². The number of benzene rings is 4. The van der Waals surface area contributed by atoms with Gasteiger partial charge in [-0.15, -0.1) is 0 Å². The molecule has 25 nitrogen and oxygen atoms in total. The third-order valence-corrected chi connectivity index (χ3v) is 16.6. The van der Waals surface area contributed by atoms with Gasteiger partial charge in [-0.25, -0.2) is 9.78 Å². The Morgan fingerprint density at radius 2 is 1.33 bits per heavy atom. The molecule has 0 spiro atoms. The van der Waals surface area contributed by atoms with Gasteiger partial charge in [0.05, 0.1) is 124 Å². The minimum absolute atomic E-state index is 0.0254. The second-order valence-corrected chi connectivity index (χ2v) is 25.4. The number of piperazine rings is 1. The first-order valence-corrected chi connectivity index (χ1v) is 33.1. The van der Waals surface area contributed by atoms with Gasteiger partial charge in [-0.2, -0.15) is 4.98 Å². The number of hydrogen-bond acceptors (Lipinski definition) is 20. The number of hydrogen-bond donors (Lipinski definition) is 5. The van der Waals surface area contributed by atoms with Crippen molar-refractivity contribution in [3.8, 4) is 5.75 Å². The molecule has 6 amide bonds. The normalized spacial score (nSPS) is 15.0. The van der Waals surface area contributed by atoms with Gasteiger partial charge < -0.3 is 83.2 Å². The van der Waals surface area contributed by atoms with Crippen molar-refractivity contribution in [2.75, 3.05) is 173 Å². The van der Waals surface area contributed by atoms with Crippen molar-refractivity contribution < 1.29 is 71.2 Å². The van der Waals surface area contributed by atoms with E-state index in [2.05, 4.69) is 41.5 Å². The van der Waals surface area contributed by atoms with Crippen LogP contribution >= 0.6 is 30.3 Å². The number of fused-ring (bicyclic) bond motifs is 1. The summed E-state index contributed by atoms with van der Waals surface area (Å²) in [6, 6.07) is 22.6. The first-order chi connectivity index (χ1) is 43.6. The zero-order valence-corrected chi connectivity index (χ0v) is 53.3. The van der Waals surface area contributed by atoms with E-state index in [9.17, 15) is 28.5 Å². The van der Waals surface area contributed by atoms with E-state index in [1.54, 1.807) is 43.5 Å². The molecule has 8 rings (SSSR count). The minimum atomic E-state index is -2.58. The number of halogens is 2.